The van der Waals surface area contributed by atoms with Crippen molar-refractivity contribution in [1.29, 1.82) is 0 Å². The number of benzene rings is 1. The molecule has 21 heavy (non-hydrogen) atoms. The number of aryl methyl sites for hydroxylation is 1. The van der Waals surface area contributed by atoms with Gasteiger partial charge in [-0.05, 0) is 18.6 Å². The average molecular weight is 300 g/mol. The summed E-state index contributed by atoms with van der Waals surface area (Å²) < 4.78 is 27.4. The number of carbonyl (C=O) groups is 2. The number of nitrogens with zero attached hydrogens (tertiary/aromatic N) is 1. The number of carboxylic acid groups (broad SMARTS) is 1. The number of aliphatic hydroxyl groups excluding tert-OH is 1. The summed E-state index contributed by atoms with van der Waals surface area (Å²) >= 11 is 0. The van der Waals surface area contributed by atoms with E-state index in [1.165, 1.54) is 13.0 Å². The van der Waals surface area contributed by atoms with Gasteiger partial charge in [-0.2, -0.15) is 0 Å². The number of nitrogens with one attached hydrogen (secondary N) is 1. The van der Waals surface area contributed by atoms with E-state index in [1.807, 2.05) is 5.32 Å². The predicted octanol–water partition coefficient (Wildman–Crippen LogP) is 1.32. The average Bonchev–Trinajstić information content (AvgIpc) is 2.81. The summed E-state index contributed by atoms with van der Waals surface area (Å²) in [7, 11) is 0. The lowest BCUT2D eigenvalue weighted by Crippen LogP contribution is -2.43. The molecule has 2 atom stereocenters. The third kappa shape index (κ3) is 2.94. The minimum absolute atomic E-state index is 0.123. The van der Waals surface area contributed by atoms with Crippen LogP contribution in [0.2, 0.25) is 0 Å². The molecule has 1 heterocycles. The van der Waals surface area contributed by atoms with Gasteiger partial charge in [0.25, 0.3) is 0 Å². The molecule has 114 valence electrons. The minimum Gasteiger partial charge on any atom is -0.480 e. The Bertz CT molecular complexity index is 594. The second-order valence-electron chi connectivity index (χ2n) is 4.88. The Balaban J connectivity index is 2.22. The maximum atomic E-state index is 13.8. The van der Waals surface area contributed by atoms with Crippen LogP contribution in [0.3, 0.4) is 0 Å². The van der Waals surface area contributed by atoms with Gasteiger partial charge in [-0.25, -0.2) is 18.4 Å². The molecule has 1 fully saturated rings. The van der Waals surface area contributed by atoms with Crippen LogP contribution in [-0.2, 0) is 4.79 Å². The van der Waals surface area contributed by atoms with E-state index in [0.717, 1.165) is 11.0 Å². The monoisotopic (exact) mass is 300 g/mol. The van der Waals surface area contributed by atoms with Crippen molar-refractivity contribution in [3.8, 4) is 0 Å². The van der Waals surface area contributed by atoms with E-state index < -0.39 is 41.5 Å². The second kappa shape index (κ2) is 5.65. The number of aliphatic hydroxyl groups is 1. The van der Waals surface area contributed by atoms with Crippen LogP contribution in [0.1, 0.15) is 12.0 Å². The van der Waals surface area contributed by atoms with Crippen molar-refractivity contribution in [1.82, 2.24) is 4.90 Å². The molecular weight excluding hydrogens is 286 g/mol. The topological polar surface area (TPSA) is 89.9 Å². The number of amides is 2. The lowest BCUT2D eigenvalue weighted by atomic mass is 10.2. The molecule has 3 N–H and O–H groups in total. The number of halogens is 2. The summed E-state index contributed by atoms with van der Waals surface area (Å²) in [5, 5.41) is 20.5. The maximum Gasteiger partial charge on any atom is 0.326 e. The van der Waals surface area contributed by atoms with Gasteiger partial charge in [-0.3, -0.25) is 0 Å². The van der Waals surface area contributed by atoms with E-state index in [9.17, 15) is 23.5 Å². The third-order valence-electron chi connectivity index (χ3n) is 3.34. The molecule has 2 rings (SSSR count). The fraction of sp³-hybridized carbons (Fsp3) is 0.385. The van der Waals surface area contributed by atoms with Crippen LogP contribution in [0.25, 0.3) is 0 Å². The highest BCUT2D eigenvalue weighted by Crippen LogP contribution is 2.24. The van der Waals surface area contributed by atoms with E-state index in [4.69, 9.17) is 5.11 Å². The van der Waals surface area contributed by atoms with Crippen LogP contribution in [0.5, 0.6) is 0 Å². The highest BCUT2D eigenvalue weighted by molar-refractivity contribution is 5.93. The van der Waals surface area contributed by atoms with Gasteiger partial charge in [0.05, 0.1) is 6.10 Å². The summed E-state index contributed by atoms with van der Waals surface area (Å²) in [4.78, 5) is 23.9. The first-order chi connectivity index (χ1) is 9.81. The van der Waals surface area contributed by atoms with Gasteiger partial charge >= 0.3 is 12.0 Å². The largest absolute Gasteiger partial charge is 0.480 e. The van der Waals surface area contributed by atoms with E-state index >= 15 is 0 Å². The number of rotatable bonds is 2. The standard InChI is InChI=1S/C13H14F2N2O4/c1-6-2-3-8(14)11(10(6)15)16-13(21)17-5-7(18)4-9(17)12(19)20/h2-3,7,9,18H,4-5H2,1H3,(H,16,21)(H,19,20)/t7?,9-/m0/s1. The van der Waals surface area contributed by atoms with E-state index in [2.05, 4.69) is 0 Å². The van der Waals surface area contributed by atoms with Crippen molar-refractivity contribution >= 4 is 17.7 Å². The predicted molar refractivity (Wildman–Crippen MR) is 68.9 cm³/mol. The Labute approximate surface area is 119 Å². The number of anilines is 1. The van der Waals surface area contributed by atoms with Crippen molar-refractivity contribution in [2.45, 2.75) is 25.5 Å². The van der Waals surface area contributed by atoms with Gasteiger partial charge in [0.15, 0.2) is 5.82 Å². The highest BCUT2D eigenvalue weighted by Gasteiger charge is 2.39. The fourth-order valence-electron chi connectivity index (χ4n) is 2.22. The van der Waals surface area contributed by atoms with Crippen LogP contribution in [-0.4, -0.2) is 45.8 Å². The Kier molecular flexibility index (Phi) is 4.08. The zero-order valence-electron chi connectivity index (χ0n) is 11.1. The molecule has 0 bridgehead atoms. The van der Waals surface area contributed by atoms with Crippen molar-refractivity contribution in [2.24, 2.45) is 0 Å². The van der Waals surface area contributed by atoms with Gasteiger partial charge in [-0.1, -0.05) is 6.07 Å². The zero-order chi connectivity index (χ0) is 15.7. The molecule has 1 unspecified atom stereocenters. The molecule has 0 aromatic heterocycles. The summed E-state index contributed by atoms with van der Waals surface area (Å²) in [5.74, 6) is -3.17. The smallest absolute Gasteiger partial charge is 0.326 e. The van der Waals surface area contributed by atoms with Crippen LogP contribution >= 0.6 is 0 Å². The van der Waals surface area contributed by atoms with Crippen LogP contribution in [0.4, 0.5) is 19.3 Å². The molecule has 1 aliphatic heterocycles. The van der Waals surface area contributed by atoms with Gasteiger partial charge in [0.1, 0.15) is 17.5 Å². The Hall–Kier alpha value is -2.22. The first-order valence-corrected chi connectivity index (χ1v) is 6.24. The number of carbonyl (C=O) groups excluding carboxylic acids is 1. The van der Waals surface area contributed by atoms with Gasteiger partial charge in [0.2, 0.25) is 0 Å². The number of urea groups is 1. The lowest BCUT2D eigenvalue weighted by Gasteiger charge is -2.22. The number of aliphatic carboxylic acids is 1. The van der Waals surface area contributed by atoms with Gasteiger partial charge in [-0.15, -0.1) is 0 Å². The van der Waals surface area contributed by atoms with Gasteiger partial charge < -0.3 is 20.4 Å². The normalized spacial score (nSPS) is 21.4. The zero-order valence-corrected chi connectivity index (χ0v) is 11.1. The van der Waals surface area contributed by atoms with Crippen molar-refractivity contribution < 1.29 is 28.6 Å². The third-order valence-corrected chi connectivity index (χ3v) is 3.34. The number of hydrogen-bond acceptors (Lipinski definition) is 3. The summed E-state index contributed by atoms with van der Waals surface area (Å²) in [6.07, 6.45) is -1.11. The van der Waals surface area contributed by atoms with E-state index in [0.29, 0.717) is 0 Å². The second-order valence-corrected chi connectivity index (χ2v) is 4.88. The molecule has 1 aromatic rings. The van der Waals surface area contributed by atoms with E-state index in [-0.39, 0.29) is 18.5 Å². The molecule has 0 aliphatic carbocycles. The molecule has 1 saturated heterocycles. The molecule has 1 aromatic carbocycles. The van der Waals surface area contributed by atoms with Crippen molar-refractivity contribution in [3.63, 3.8) is 0 Å². The molecule has 0 radical (unpaired) electrons. The maximum absolute atomic E-state index is 13.8. The quantitative estimate of drug-likeness (QED) is 0.768. The number of carboxylic acids is 1. The van der Waals surface area contributed by atoms with Crippen molar-refractivity contribution in [3.05, 3.63) is 29.3 Å². The molecular formula is C13H14F2N2O4. The SMILES string of the molecule is Cc1ccc(F)c(NC(=O)N2CC(O)C[C@H]2C(=O)O)c1F. The van der Waals surface area contributed by atoms with Crippen LogP contribution in [0, 0.1) is 18.6 Å². The molecule has 2 amide bonds. The number of β-amino-alcohol motifs (C(OH)–C–C–N with tert-alkyl or cyclic N) is 1. The summed E-state index contributed by atoms with van der Waals surface area (Å²) in [6.45, 7) is 1.20. The Morgan fingerprint density at radius 2 is 2.05 bits per heavy atom. The lowest BCUT2D eigenvalue weighted by molar-refractivity contribution is -0.141. The Morgan fingerprint density at radius 1 is 1.38 bits per heavy atom. The first-order valence-electron chi connectivity index (χ1n) is 6.24. The fourth-order valence-corrected chi connectivity index (χ4v) is 2.22. The molecule has 8 heteroatoms. The molecule has 0 spiro atoms. The number of likely N-dealkylation sites (tertiary alicyclic amines) is 1. The highest BCUT2D eigenvalue weighted by atomic mass is 19.1. The van der Waals surface area contributed by atoms with Crippen LogP contribution in [0.15, 0.2) is 12.1 Å². The van der Waals surface area contributed by atoms with Gasteiger partial charge in [0, 0.05) is 13.0 Å². The number of hydrogen-bond donors (Lipinski definition) is 3. The first kappa shape index (κ1) is 15.2. The molecule has 0 saturated carbocycles. The Morgan fingerprint density at radius 3 is 2.67 bits per heavy atom. The molecule has 1 aliphatic rings. The summed E-state index contributed by atoms with van der Waals surface area (Å²) in [6, 6.07) is 0.0277. The summed E-state index contributed by atoms with van der Waals surface area (Å²) in [5.41, 5.74) is -0.492. The van der Waals surface area contributed by atoms with E-state index in [1.54, 1.807) is 0 Å². The van der Waals surface area contributed by atoms with Crippen LogP contribution < -0.4 is 5.32 Å². The molecule has 6 nitrogen and oxygen atoms in total. The van der Waals surface area contributed by atoms with Crippen molar-refractivity contribution in [2.75, 3.05) is 11.9 Å². The minimum atomic E-state index is -1.29.